The van der Waals surface area contributed by atoms with E-state index in [0.29, 0.717) is 31.3 Å². The fourth-order valence-electron chi connectivity index (χ4n) is 3.42. The van der Waals surface area contributed by atoms with Gasteiger partial charge in [-0.2, -0.15) is 0 Å². The summed E-state index contributed by atoms with van der Waals surface area (Å²) in [6.45, 7) is 2.60. The van der Waals surface area contributed by atoms with E-state index in [2.05, 4.69) is 4.98 Å². The number of nitrogens with zero attached hydrogens (tertiary/aromatic N) is 1. The van der Waals surface area contributed by atoms with Gasteiger partial charge in [-0.3, -0.25) is 4.79 Å². The Morgan fingerprint density at radius 2 is 1.83 bits per heavy atom. The number of carbonyl (C=O) groups excluding carboxylic acids is 1. The number of rotatable bonds is 3. The summed E-state index contributed by atoms with van der Waals surface area (Å²) >= 11 is 0. The smallest absolute Gasteiger partial charge is 0.255 e. The van der Waals surface area contributed by atoms with Gasteiger partial charge in [0.2, 0.25) is 0 Å². The van der Waals surface area contributed by atoms with E-state index in [1.165, 1.54) is 18.5 Å². The molecule has 3 fully saturated rings. The highest BCUT2D eigenvalue weighted by molar-refractivity contribution is 7.92. The number of amides is 1. The van der Waals surface area contributed by atoms with Crippen LogP contribution in [0.15, 0.2) is 6.07 Å². The number of aromatic amines is 1. The molecule has 1 saturated heterocycles. The second-order valence-electron chi connectivity index (χ2n) is 7.36. The maximum absolute atomic E-state index is 13.0. The molecule has 0 radical (unpaired) electrons. The van der Waals surface area contributed by atoms with Gasteiger partial charge in [-0.05, 0) is 56.9 Å². The van der Waals surface area contributed by atoms with Crippen molar-refractivity contribution in [3.8, 4) is 0 Å². The summed E-state index contributed by atoms with van der Waals surface area (Å²) in [4.78, 5) is 18.2. The lowest BCUT2D eigenvalue weighted by Gasteiger charge is -2.20. The van der Waals surface area contributed by atoms with Crippen molar-refractivity contribution in [3.63, 3.8) is 0 Å². The van der Waals surface area contributed by atoms with Gasteiger partial charge < -0.3 is 9.88 Å². The molecule has 2 heterocycles. The molecule has 5 nitrogen and oxygen atoms in total. The lowest BCUT2D eigenvalue weighted by atomic mass is 10.1. The van der Waals surface area contributed by atoms with Crippen molar-refractivity contribution >= 4 is 15.7 Å². The Labute approximate surface area is 137 Å². The molecule has 2 aliphatic carbocycles. The third-order valence-electron chi connectivity index (χ3n) is 5.45. The zero-order valence-electron chi connectivity index (χ0n) is 13.5. The van der Waals surface area contributed by atoms with E-state index in [-0.39, 0.29) is 16.9 Å². The molecular formula is C17H24N2O3S. The van der Waals surface area contributed by atoms with Crippen molar-refractivity contribution in [1.82, 2.24) is 9.88 Å². The number of hydrogen-bond donors (Lipinski definition) is 1. The molecular weight excluding hydrogens is 312 g/mol. The summed E-state index contributed by atoms with van der Waals surface area (Å²) in [5.41, 5.74) is 3.09. The third kappa shape index (κ3) is 2.93. The number of aromatic nitrogens is 1. The van der Waals surface area contributed by atoms with Crippen LogP contribution in [0.4, 0.5) is 0 Å². The minimum Gasteiger partial charge on any atom is -0.361 e. The van der Waals surface area contributed by atoms with Gasteiger partial charge in [0.15, 0.2) is 9.84 Å². The summed E-state index contributed by atoms with van der Waals surface area (Å²) in [6, 6.07) is 2.04. The third-order valence-corrected chi connectivity index (χ3v) is 7.67. The van der Waals surface area contributed by atoms with E-state index < -0.39 is 9.84 Å². The topological polar surface area (TPSA) is 70.2 Å². The summed E-state index contributed by atoms with van der Waals surface area (Å²) < 4.78 is 24.1. The molecule has 0 aromatic carbocycles. The quantitative estimate of drug-likeness (QED) is 0.921. The number of H-pyrrole nitrogens is 1. The molecule has 0 bridgehead atoms. The lowest BCUT2D eigenvalue weighted by molar-refractivity contribution is 0.0766. The normalized spacial score (nSPS) is 27.7. The van der Waals surface area contributed by atoms with E-state index in [0.717, 1.165) is 24.1 Å². The first-order chi connectivity index (χ1) is 11.0. The van der Waals surface area contributed by atoms with Crippen molar-refractivity contribution in [2.45, 2.75) is 56.1 Å². The summed E-state index contributed by atoms with van der Waals surface area (Å²) in [5, 5.41) is -0.351. The predicted octanol–water partition coefficient (Wildman–Crippen LogP) is 2.42. The van der Waals surface area contributed by atoms with E-state index in [9.17, 15) is 13.2 Å². The lowest BCUT2D eigenvalue weighted by Crippen LogP contribution is -2.33. The van der Waals surface area contributed by atoms with Crippen molar-refractivity contribution in [3.05, 3.63) is 23.0 Å². The van der Waals surface area contributed by atoms with E-state index >= 15 is 0 Å². The van der Waals surface area contributed by atoms with Gasteiger partial charge in [-0.1, -0.05) is 0 Å². The number of hydrogen-bond acceptors (Lipinski definition) is 3. The van der Waals surface area contributed by atoms with Crippen LogP contribution < -0.4 is 0 Å². The fourth-order valence-corrected chi connectivity index (χ4v) is 4.76. The predicted molar refractivity (Wildman–Crippen MR) is 88.5 cm³/mol. The van der Waals surface area contributed by atoms with Crippen molar-refractivity contribution in [2.24, 2.45) is 0 Å². The summed E-state index contributed by atoms with van der Waals surface area (Å²) in [6.07, 6.45) is 5.24. The molecule has 6 heteroatoms. The Kier molecular flexibility index (Phi) is 3.55. The molecule has 1 aromatic rings. The van der Waals surface area contributed by atoms with Gasteiger partial charge in [0.1, 0.15) is 0 Å². The van der Waals surface area contributed by atoms with Crippen molar-refractivity contribution < 1.29 is 13.2 Å². The summed E-state index contributed by atoms with van der Waals surface area (Å²) in [5.74, 6) is 1.19. The Hall–Kier alpha value is -1.30. The SMILES string of the molecule is CC1CCN(C(=O)c2cc(C3CC3)[nH]c2C2CC2)CCS1(=O)=O. The Morgan fingerprint density at radius 3 is 2.48 bits per heavy atom. The largest absolute Gasteiger partial charge is 0.361 e. The highest BCUT2D eigenvalue weighted by atomic mass is 32.2. The van der Waals surface area contributed by atoms with Crippen LogP contribution in [-0.2, 0) is 9.84 Å². The van der Waals surface area contributed by atoms with Crippen LogP contribution in [-0.4, -0.2) is 48.3 Å². The average Bonchev–Trinajstić information content (AvgIpc) is 3.42. The Morgan fingerprint density at radius 1 is 1.13 bits per heavy atom. The number of nitrogens with one attached hydrogen (secondary N) is 1. The minimum absolute atomic E-state index is 0.0133. The molecule has 1 aromatic heterocycles. The van der Waals surface area contributed by atoms with Crippen LogP contribution in [0.25, 0.3) is 0 Å². The molecule has 3 aliphatic rings. The minimum atomic E-state index is -3.06. The molecule has 1 atom stereocenters. The number of sulfone groups is 1. The zero-order valence-corrected chi connectivity index (χ0v) is 14.4. The first-order valence-corrected chi connectivity index (χ1v) is 10.4. The zero-order chi connectivity index (χ0) is 16.2. The van der Waals surface area contributed by atoms with Crippen LogP contribution in [0.3, 0.4) is 0 Å². The van der Waals surface area contributed by atoms with Gasteiger partial charge >= 0.3 is 0 Å². The molecule has 1 amide bonds. The van der Waals surface area contributed by atoms with Crippen molar-refractivity contribution in [1.29, 1.82) is 0 Å². The fraction of sp³-hybridized carbons (Fsp3) is 0.706. The Bertz CT molecular complexity index is 729. The molecule has 126 valence electrons. The maximum Gasteiger partial charge on any atom is 0.255 e. The van der Waals surface area contributed by atoms with E-state index in [4.69, 9.17) is 0 Å². The molecule has 0 spiro atoms. The van der Waals surface area contributed by atoms with Gasteiger partial charge in [-0.15, -0.1) is 0 Å². The van der Waals surface area contributed by atoms with Crippen LogP contribution in [0.1, 0.15) is 72.6 Å². The highest BCUT2D eigenvalue weighted by Crippen LogP contribution is 2.45. The standard InChI is InChI=1S/C17H24N2O3S/c1-11-6-7-19(8-9-23(11,21)22)17(20)14-10-15(12-2-3-12)18-16(14)13-4-5-13/h10-13,18H,2-9H2,1H3. The van der Waals surface area contributed by atoms with Gasteiger partial charge in [0.25, 0.3) is 5.91 Å². The van der Waals surface area contributed by atoms with Gasteiger partial charge in [0, 0.05) is 24.5 Å². The molecule has 4 rings (SSSR count). The second kappa shape index (κ2) is 5.36. The molecule has 1 unspecified atom stereocenters. The molecule has 1 N–H and O–H groups in total. The van der Waals surface area contributed by atoms with Crippen molar-refractivity contribution in [2.75, 3.05) is 18.8 Å². The summed E-state index contributed by atoms with van der Waals surface area (Å²) in [7, 11) is -3.06. The van der Waals surface area contributed by atoms with Crippen LogP contribution >= 0.6 is 0 Å². The molecule has 23 heavy (non-hydrogen) atoms. The van der Waals surface area contributed by atoms with Crippen LogP contribution in [0.2, 0.25) is 0 Å². The number of carbonyl (C=O) groups is 1. The van der Waals surface area contributed by atoms with Gasteiger partial charge in [0.05, 0.1) is 16.6 Å². The maximum atomic E-state index is 13.0. The first kappa shape index (κ1) is 15.2. The first-order valence-electron chi connectivity index (χ1n) is 8.69. The van der Waals surface area contributed by atoms with Crippen LogP contribution in [0, 0.1) is 0 Å². The van der Waals surface area contributed by atoms with E-state index in [1.807, 2.05) is 6.07 Å². The second-order valence-corrected chi connectivity index (χ2v) is 9.90. The monoisotopic (exact) mass is 336 g/mol. The van der Waals surface area contributed by atoms with Gasteiger partial charge in [-0.25, -0.2) is 8.42 Å². The van der Waals surface area contributed by atoms with E-state index in [1.54, 1.807) is 11.8 Å². The molecule has 1 aliphatic heterocycles. The average molecular weight is 336 g/mol. The Balaban J connectivity index is 1.59. The van der Waals surface area contributed by atoms with Crippen LogP contribution in [0.5, 0.6) is 0 Å². The highest BCUT2D eigenvalue weighted by Gasteiger charge is 2.36. The molecule has 2 saturated carbocycles.